The summed E-state index contributed by atoms with van der Waals surface area (Å²) in [5.41, 5.74) is 0. The molecule has 0 aromatic heterocycles. The largest absolute Gasteiger partial charge is 0.348 e. The average molecular weight is 175 g/mol. The van der Waals surface area contributed by atoms with Gasteiger partial charge in [0, 0.05) is 26.3 Å². The fourth-order valence-electron chi connectivity index (χ4n) is 0.583. The highest BCUT2D eigenvalue weighted by Gasteiger charge is 1.95. The second-order valence-electron chi connectivity index (χ2n) is 2.28. The van der Waals surface area contributed by atoms with Gasteiger partial charge < -0.3 is 4.90 Å². The summed E-state index contributed by atoms with van der Waals surface area (Å²) in [6.07, 6.45) is 1.66. The van der Waals surface area contributed by atoms with Gasteiger partial charge in [0.15, 0.2) is 5.12 Å². The number of rotatable bonds is 5. The maximum atomic E-state index is 10.4. The summed E-state index contributed by atoms with van der Waals surface area (Å²) >= 11 is 1.30. The van der Waals surface area contributed by atoms with Gasteiger partial charge in [0.1, 0.15) is 0 Å². The van der Waals surface area contributed by atoms with Crippen LogP contribution in [0.1, 0.15) is 13.3 Å². The molecule has 0 unspecified atom stereocenters. The first kappa shape index (κ1) is 10.5. The quantitative estimate of drug-likeness (QED) is 0.457. The van der Waals surface area contributed by atoms with Gasteiger partial charge in [0.25, 0.3) is 0 Å². The van der Waals surface area contributed by atoms with Crippen molar-refractivity contribution in [2.45, 2.75) is 13.3 Å². The van der Waals surface area contributed by atoms with Crippen LogP contribution in [-0.4, -0.2) is 35.8 Å². The number of nitrogens with zero attached hydrogens (tertiary/aromatic N) is 1. The lowest BCUT2D eigenvalue weighted by Gasteiger charge is -2.08. The minimum Gasteiger partial charge on any atom is -0.348 e. The molecule has 11 heavy (non-hydrogen) atoms. The molecule has 64 valence electrons. The molecule has 0 bridgehead atoms. The maximum Gasteiger partial charge on any atom is 0.209 e. The van der Waals surface area contributed by atoms with Crippen molar-refractivity contribution in [3.63, 3.8) is 0 Å². The first-order valence-electron chi connectivity index (χ1n) is 3.45. The van der Waals surface area contributed by atoms with E-state index in [1.165, 1.54) is 11.8 Å². The van der Waals surface area contributed by atoms with Crippen molar-refractivity contribution >= 4 is 23.3 Å². The van der Waals surface area contributed by atoms with Gasteiger partial charge in [0.05, 0.1) is 0 Å². The highest BCUT2D eigenvalue weighted by atomic mass is 32.2. The fraction of sp³-hybridized carbons (Fsp3) is 0.714. The molecule has 0 heterocycles. The van der Waals surface area contributed by atoms with Crippen molar-refractivity contribution in [2.75, 3.05) is 19.3 Å². The zero-order valence-electron chi connectivity index (χ0n) is 6.87. The molecule has 0 fully saturated rings. The molecule has 0 N–H and O–H groups in total. The maximum absolute atomic E-state index is 10.4. The van der Waals surface area contributed by atoms with E-state index < -0.39 is 0 Å². The SMILES string of the molecule is CC(=O)SCCCN(C)C=O. The van der Waals surface area contributed by atoms with Crippen LogP contribution in [0.15, 0.2) is 0 Å². The molecule has 4 heteroatoms. The van der Waals surface area contributed by atoms with Gasteiger partial charge in [-0.3, -0.25) is 9.59 Å². The highest BCUT2D eigenvalue weighted by Crippen LogP contribution is 2.02. The Kier molecular flexibility index (Phi) is 5.93. The van der Waals surface area contributed by atoms with E-state index in [-0.39, 0.29) is 5.12 Å². The molecular weight excluding hydrogens is 162 g/mol. The number of carbonyl (C=O) groups is 2. The van der Waals surface area contributed by atoms with E-state index in [2.05, 4.69) is 0 Å². The molecule has 3 nitrogen and oxygen atoms in total. The van der Waals surface area contributed by atoms with E-state index in [0.29, 0.717) is 0 Å². The minimum atomic E-state index is 0.138. The Balaban J connectivity index is 3.14. The second kappa shape index (κ2) is 6.22. The molecule has 0 aromatic rings. The van der Waals surface area contributed by atoms with Crippen LogP contribution in [-0.2, 0) is 9.59 Å². The third-order valence-electron chi connectivity index (χ3n) is 1.14. The normalized spacial score (nSPS) is 9.27. The van der Waals surface area contributed by atoms with Crippen molar-refractivity contribution in [1.29, 1.82) is 0 Å². The number of carbonyl (C=O) groups excluding carboxylic acids is 2. The van der Waals surface area contributed by atoms with E-state index in [0.717, 1.165) is 25.1 Å². The summed E-state index contributed by atoms with van der Waals surface area (Å²) in [4.78, 5) is 22.1. The van der Waals surface area contributed by atoms with Crippen LogP contribution in [0.4, 0.5) is 0 Å². The summed E-state index contributed by atoms with van der Waals surface area (Å²) in [5.74, 6) is 0.799. The van der Waals surface area contributed by atoms with Crippen molar-refractivity contribution in [3.05, 3.63) is 0 Å². The van der Waals surface area contributed by atoms with Crippen LogP contribution in [0.5, 0.6) is 0 Å². The summed E-state index contributed by atoms with van der Waals surface area (Å²) in [6, 6.07) is 0. The Bertz CT molecular complexity index is 138. The predicted molar refractivity (Wildman–Crippen MR) is 46.5 cm³/mol. The first-order valence-corrected chi connectivity index (χ1v) is 4.44. The van der Waals surface area contributed by atoms with E-state index >= 15 is 0 Å². The van der Waals surface area contributed by atoms with Crippen LogP contribution < -0.4 is 0 Å². The zero-order chi connectivity index (χ0) is 8.69. The standard InChI is InChI=1S/C7H13NO2S/c1-7(10)11-5-3-4-8(2)6-9/h6H,3-5H2,1-2H3. The van der Waals surface area contributed by atoms with Crippen LogP contribution >= 0.6 is 11.8 Å². The summed E-state index contributed by atoms with van der Waals surface area (Å²) in [5, 5.41) is 0.138. The Morgan fingerprint density at radius 2 is 2.27 bits per heavy atom. The van der Waals surface area contributed by atoms with Gasteiger partial charge in [-0.25, -0.2) is 0 Å². The van der Waals surface area contributed by atoms with E-state index in [4.69, 9.17) is 0 Å². The molecule has 0 aliphatic rings. The van der Waals surface area contributed by atoms with Crippen molar-refractivity contribution in [1.82, 2.24) is 4.90 Å². The zero-order valence-corrected chi connectivity index (χ0v) is 7.69. The number of hydrogen-bond acceptors (Lipinski definition) is 3. The summed E-state index contributed by atoms with van der Waals surface area (Å²) in [6.45, 7) is 2.28. The number of thioether (sulfide) groups is 1. The Morgan fingerprint density at radius 1 is 1.64 bits per heavy atom. The molecule has 0 aliphatic heterocycles. The van der Waals surface area contributed by atoms with E-state index in [1.54, 1.807) is 18.9 Å². The molecule has 0 radical (unpaired) electrons. The third-order valence-corrected chi connectivity index (χ3v) is 2.04. The van der Waals surface area contributed by atoms with Gasteiger partial charge in [0.2, 0.25) is 6.41 Å². The molecule has 0 atom stereocenters. The topological polar surface area (TPSA) is 37.4 Å². The lowest BCUT2D eigenvalue weighted by molar-refractivity contribution is -0.117. The van der Waals surface area contributed by atoms with Crippen molar-refractivity contribution < 1.29 is 9.59 Å². The van der Waals surface area contributed by atoms with Crippen LogP contribution in [0.2, 0.25) is 0 Å². The van der Waals surface area contributed by atoms with Crippen molar-refractivity contribution in [2.24, 2.45) is 0 Å². The van der Waals surface area contributed by atoms with Crippen LogP contribution in [0.25, 0.3) is 0 Å². The van der Waals surface area contributed by atoms with Gasteiger partial charge in [-0.05, 0) is 6.42 Å². The molecule has 0 aromatic carbocycles. The summed E-state index contributed by atoms with van der Waals surface area (Å²) < 4.78 is 0. The molecule has 0 spiro atoms. The molecule has 0 saturated carbocycles. The lowest BCUT2D eigenvalue weighted by atomic mass is 10.5. The molecule has 0 saturated heterocycles. The van der Waals surface area contributed by atoms with Gasteiger partial charge in [-0.15, -0.1) is 0 Å². The lowest BCUT2D eigenvalue weighted by Crippen LogP contribution is -2.17. The molecule has 1 amide bonds. The van der Waals surface area contributed by atoms with Crippen molar-refractivity contribution in [3.8, 4) is 0 Å². The molecule has 0 aliphatic carbocycles. The van der Waals surface area contributed by atoms with Gasteiger partial charge in [-0.2, -0.15) is 0 Å². The second-order valence-corrected chi connectivity index (χ2v) is 3.55. The van der Waals surface area contributed by atoms with Gasteiger partial charge in [-0.1, -0.05) is 11.8 Å². The Labute approximate surface area is 71.1 Å². The molecular formula is C7H13NO2S. The smallest absolute Gasteiger partial charge is 0.209 e. The van der Waals surface area contributed by atoms with Crippen LogP contribution in [0.3, 0.4) is 0 Å². The third kappa shape index (κ3) is 7.39. The van der Waals surface area contributed by atoms with Gasteiger partial charge >= 0.3 is 0 Å². The van der Waals surface area contributed by atoms with Crippen LogP contribution in [0, 0.1) is 0 Å². The predicted octanol–water partition coefficient (Wildman–Crippen LogP) is 0.744. The Morgan fingerprint density at radius 3 is 2.73 bits per heavy atom. The summed E-state index contributed by atoms with van der Waals surface area (Å²) in [7, 11) is 1.73. The molecule has 0 rings (SSSR count). The average Bonchev–Trinajstić information content (AvgIpc) is 1.97. The van der Waals surface area contributed by atoms with E-state index in [1.807, 2.05) is 0 Å². The Hall–Kier alpha value is -0.510. The number of amides is 1. The monoisotopic (exact) mass is 175 g/mol. The first-order chi connectivity index (χ1) is 5.16. The minimum absolute atomic E-state index is 0.138. The van der Waals surface area contributed by atoms with E-state index in [9.17, 15) is 9.59 Å². The fourth-order valence-corrected chi connectivity index (χ4v) is 1.14. The number of hydrogen-bond donors (Lipinski definition) is 0. The highest BCUT2D eigenvalue weighted by molar-refractivity contribution is 8.13.